The third kappa shape index (κ3) is 4.13. The molecule has 1 aromatic carbocycles. The molecule has 1 heterocycles. The monoisotopic (exact) mass is 333 g/mol. The van der Waals surface area contributed by atoms with Crippen LogP contribution in [0.15, 0.2) is 23.2 Å². The van der Waals surface area contributed by atoms with Crippen molar-refractivity contribution in [2.75, 3.05) is 10.7 Å². The molecule has 0 saturated carbocycles. The Morgan fingerprint density at radius 1 is 1.30 bits per heavy atom. The molecule has 3 amide bonds. The van der Waals surface area contributed by atoms with E-state index in [-0.39, 0.29) is 17.9 Å². The minimum atomic E-state index is -0.416. The summed E-state index contributed by atoms with van der Waals surface area (Å²) in [6.45, 7) is 9.91. The van der Waals surface area contributed by atoms with Crippen molar-refractivity contribution >= 4 is 34.6 Å². The van der Waals surface area contributed by atoms with E-state index in [1.807, 2.05) is 39.0 Å². The fourth-order valence-corrected chi connectivity index (χ4v) is 3.24. The zero-order valence-corrected chi connectivity index (χ0v) is 15.0. The van der Waals surface area contributed by atoms with Gasteiger partial charge in [-0.15, -0.1) is 0 Å². The Morgan fingerprint density at radius 2 is 2.00 bits per heavy atom. The van der Waals surface area contributed by atoms with Crippen LogP contribution < -0.4 is 10.2 Å². The molecule has 0 atom stereocenters. The van der Waals surface area contributed by atoms with Crippen LogP contribution >= 0.6 is 11.8 Å². The predicted octanol–water partition coefficient (Wildman–Crippen LogP) is 3.67. The van der Waals surface area contributed by atoms with Crippen LogP contribution in [0.5, 0.6) is 0 Å². The Kier molecular flexibility index (Phi) is 5.46. The Labute approximate surface area is 141 Å². The predicted molar refractivity (Wildman–Crippen MR) is 96.3 cm³/mol. The fraction of sp³-hybridized carbons (Fsp3) is 0.471. The molecule has 0 aromatic heterocycles. The van der Waals surface area contributed by atoms with Gasteiger partial charge >= 0.3 is 6.03 Å². The summed E-state index contributed by atoms with van der Waals surface area (Å²) in [6.07, 6.45) is 0. The average Bonchev–Trinajstić information content (AvgIpc) is 2.78. The number of hydrogen-bond acceptors (Lipinski definition) is 3. The van der Waals surface area contributed by atoms with Crippen molar-refractivity contribution in [2.24, 2.45) is 4.99 Å². The number of benzene rings is 1. The lowest BCUT2D eigenvalue weighted by Gasteiger charge is -2.22. The number of hydrogen-bond donors (Lipinski definition) is 1. The molecule has 124 valence electrons. The van der Waals surface area contributed by atoms with Crippen LogP contribution in [0, 0.1) is 6.92 Å². The van der Waals surface area contributed by atoms with Gasteiger partial charge in [0.1, 0.15) is 0 Å². The zero-order valence-electron chi connectivity index (χ0n) is 14.2. The van der Waals surface area contributed by atoms with Gasteiger partial charge in [0, 0.05) is 6.04 Å². The minimum absolute atomic E-state index is 0.00704. The van der Waals surface area contributed by atoms with E-state index in [1.54, 1.807) is 4.90 Å². The van der Waals surface area contributed by atoms with Crippen LogP contribution in [0.4, 0.5) is 10.5 Å². The number of urea groups is 1. The third-order valence-electron chi connectivity index (χ3n) is 3.42. The van der Waals surface area contributed by atoms with Gasteiger partial charge < -0.3 is 5.32 Å². The van der Waals surface area contributed by atoms with Crippen molar-refractivity contribution in [1.29, 1.82) is 0 Å². The molecule has 1 aromatic rings. The molecule has 0 unspecified atom stereocenters. The number of amides is 3. The first-order chi connectivity index (χ1) is 10.8. The van der Waals surface area contributed by atoms with Gasteiger partial charge in [0.15, 0.2) is 5.17 Å². The third-order valence-corrected chi connectivity index (χ3v) is 4.35. The van der Waals surface area contributed by atoms with Gasteiger partial charge in [-0.05, 0) is 43.9 Å². The number of aliphatic imine (C=N–C) groups is 1. The molecule has 23 heavy (non-hydrogen) atoms. The van der Waals surface area contributed by atoms with Crippen molar-refractivity contribution in [3.8, 4) is 0 Å². The van der Waals surface area contributed by atoms with E-state index in [1.165, 1.54) is 11.8 Å². The van der Waals surface area contributed by atoms with Gasteiger partial charge in [0.05, 0.1) is 11.4 Å². The number of nitrogens with zero attached hydrogens (tertiary/aromatic N) is 2. The SMILES string of the molecule is Cc1ccc(C(C)C)c(N2C(=O)CS/C2=N\C(=O)NC(C)C)c1. The molecule has 6 heteroatoms. The number of carbonyl (C=O) groups is 2. The summed E-state index contributed by atoms with van der Waals surface area (Å²) in [4.78, 5) is 30.0. The first-order valence-electron chi connectivity index (χ1n) is 7.75. The maximum absolute atomic E-state index is 12.4. The largest absolute Gasteiger partial charge is 0.343 e. The van der Waals surface area contributed by atoms with Gasteiger partial charge in [-0.25, -0.2) is 4.79 Å². The molecule has 0 aliphatic carbocycles. The van der Waals surface area contributed by atoms with E-state index in [2.05, 4.69) is 24.2 Å². The van der Waals surface area contributed by atoms with E-state index >= 15 is 0 Å². The Balaban J connectivity index is 2.43. The van der Waals surface area contributed by atoms with Crippen LogP contribution in [0.25, 0.3) is 0 Å². The lowest BCUT2D eigenvalue weighted by molar-refractivity contribution is -0.115. The van der Waals surface area contributed by atoms with Crippen molar-refractivity contribution in [3.05, 3.63) is 29.3 Å². The number of anilines is 1. The summed E-state index contributed by atoms with van der Waals surface area (Å²) in [5, 5.41) is 3.17. The van der Waals surface area contributed by atoms with E-state index in [0.717, 1.165) is 16.8 Å². The smallest absolute Gasteiger partial charge is 0.334 e. The molecule has 0 bridgehead atoms. The van der Waals surface area contributed by atoms with Crippen LogP contribution in [-0.4, -0.2) is 28.9 Å². The highest BCUT2D eigenvalue weighted by Gasteiger charge is 2.32. The normalized spacial score (nSPS) is 16.7. The maximum atomic E-state index is 12.4. The van der Waals surface area contributed by atoms with Crippen LogP contribution in [0.1, 0.15) is 44.7 Å². The van der Waals surface area contributed by atoms with Gasteiger partial charge in [-0.1, -0.05) is 37.7 Å². The van der Waals surface area contributed by atoms with Gasteiger partial charge in [0.2, 0.25) is 5.91 Å². The van der Waals surface area contributed by atoms with E-state index in [0.29, 0.717) is 10.9 Å². The Morgan fingerprint density at radius 3 is 2.61 bits per heavy atom. The van der Waals surface area contributed by atoms with Crippen LogP contribution in [0.2, 0.25) is 0 Å². The van der Waals surface area contributed by atoms with Crippen molar-refractivity contribution < 1.29 is 9.59 Å². The van der Waals surface area contributed by atoms with Gasteiger partial charge in [-0.3, -0.25) is 9.69 Å². The van der Waals surface area contributed by atoms with Gasteiger partial charge in [0.25, 0.3) is 0 Å². The molecule has 1 aliphatic rings. The first kappa shape index (κ1) is 17.5. The highest BCUT2D eigenvalue weighted by molar-refractivity contribution is 8.15. The molecule has 1 fully saturated rings. The van der Waals surface area contributed by atoms with Crippen LogP contribution in [-0.2, 0) is 4.79 Å². The van der Waals surface area contributed by atoms with E-state index in [9.17, 15) is 9.59 Å². The molecule has 1 aliphatic heterocycles. The molecule has 5 nitrogen and oxygen atoms in total. The molecule has 0 spiro atoms. The summed E-state index contributed by atoms with van der Waals surface area (Å²) in [5.74, 6) is 0.535. The molecule has 2 rings (SSSR count). The van der Waals surface area contributed by atoms with E-state index < -0.39 is 6.03 Å². The summed E-state index contributed by atoms with van der Waals surface area (Å²) < 4.78 is 0. The standard InChI is InChI=1S/C17H23N3O2S/c1-10(2)13-7-6-12(5)8-14(13)20-15(21)9-23-17(20)19-16(22)18-11(3)4/h6-8,10-11H,9H2,1-5H3,(H,18,22)/b19-17-. The zero-order chi connectivity index (χ0) is 17.1. The first-order valence-corrected chi connectivity index (χ1v) is 8.73. The second-order valence-corrected chi connectivity index (χ2v) is 7.18. The Bertz CT molecular complexity index is 653. The lowest BCUT2D eigenvalue weighted by Crippen LogP contribution is -2.33. The number of thioether (sulfide) groups is 1. The summed E-state index contributed by atoms with van der Waals surface area (Å²) in [7, 11) is 0. The minimum Gasteiger partial charge on any atom is -0.334 e. The fourth-order valence-electron chi connectivity index (χ4n) is 2.38. The number of carbonyl (C=O) groups excluding carboxylic acids is 2. The van der Waals surface area contributed by atoms with Crippen LogP contribution in [0.3, 0.4) is 0 Å². The van der Waals surface area contributed by atoms with E-state index in [4.69, 9.17) is 0 Å². The summed E-state index contributed by atoms with van der Waals surface area (Å²) >= 11 is 1.30. The highest BCUT2D eigenvalue weighted by atomic mass is 32.2. The topological polar surface area (TPSA) is 61.8 Å². The second kappa shape index (κ2) is 7.17. The van der Waals surface area contributed by atoms with Gasteiger partial charge in [-0.2, -0.15) is 4.99 Å². The summed E-state index contributed by atoms with van der Waals surface area (Å²) in [6, 6.07) is 5.65. The molecule has 0 radical (unpaired) electrons. The summed E-state index contributed by atoms with van der Waals surface area (Å²) in [5.41, 5.74) is 2.97. The number of amidine groups is 1. The molecule has 1 N–H and O–H groups in total. The van der Waals surface area contributed by atoms with Crippen molar-refractivity contribution in [1.82, 2.24) is 5.32 Å². The quantitative estimate of drug-likeness (QED) is 0.918. The number of nitrogens with one attached hydrogen (secondary N) is 1. The second-order valence-electron chi connectivity index (χ2n) is 6.23. The number of rotatable bonds is 3. The molecular weight excluding hydrogens is 310 g/mol. The molecular formula is C17H23N3O2S. The molecule has 1 saturated heterocycles. The Hall–Kier alpha value is -1.82. The van der Waals surface area contributed by atoms with Crippen molar-refractivity contribution in [2.45, 2.75) is 46.6 Å². The number of aryl methyl sites for hydroxylation is 1. The van der Waals surface area contributed by atoms with Crippen molar-refractivity contribution in [3.63, 3.8) is 0 Å². The average molecular weight is 333 g/mol. The lowest BCUT2D eigenvalue weighted by atomic mass is 9.99. The highest BCUT2D eigenvalue weighted by Crippen LogP contribution is 2.34. The maximum Gasteiger partial charge on any atom is 0.343 e.